The Hall–Kier alpha value is -1.73. The second kappa shape index (κ2) is 10.1. The van der Waals surface area contributed by atoms with Crippen LogP contribution in [-0.4, -0.2) is 56.9 Å². The van der Waals surface area contributed by atoms with Crippen LogP contribution < -0.4 is 5.32 Å². The molecule has 1 saturated heterocycles. The summed E-state index contributed by atoms with van der Waals surface area (Å²) in [4.78, 5) is 11.3. The van der Waals surface area contributed by atoms with Crippen LogP contribution in [0.25, 0.3) is 11.3 Å². The molecular formula is C23H31ClN4O2. The lowest BCUT2D eigenvalue weighted by molar-refractivity contribution is 0.0792. The fourth-order valence-electron chi connectivity index (χ4n) is 4.48. The Bertz CT molecular complexity index is 816. The Balaban J connectivity index is 1.44. The first-order chi connectivity index (χ1) is 14.6. The van der Waals surface area contributed by atoms with E-state index in [4.69, 9.17) is 16.6 Å². The number of hydrogen-bond acceptors (Lipinski definition) is 6. The molecule has 162 valence electrons. The number of nitrogens with one attached hydrogen (secondary N) is 1. The summed E-state index contributed by atoms with van der Waals surface area (Å²) < 4.78 is 0. The van der Waals surface area contributed by atoms with Gasteiger partial charge >= 0.3 is 0 Å². The summed E-state index contributed by atoms with van der Waals surface area (Å²) in [7, 11) is 0. The summed E-state index contributed by atoms with van der Waals surface area (Å²) >= 11 is 6.18. The number of pyridine rings is 2. The SMILES string of the molecule is OCC1CCC(Nc2cc(Cl)ncc2-c2ccc(CN3CCC(O)CC3)cn2)CC1. The molecule has 2 fully saturated rings. The summed E-state index contributed by atoms with van der Waals surface area (Å²) in [5.74, 6) is 0.431. The van der Waals surface area contributed by atoms with Crippen LogP contribution >= 0.6 is 11.6 Å². The van der Waals surface area contributed by atoms with Crippen molar-refractivity contribution in [2.24, 2.45) is 5.92 Å². The minimum Gasteiger partial charge on any atom is -0.396 e. The molecule has 0 spiro atoms. The predicted octanol–water partition coefficient (Wildman–Crippen LogP) is 3.72. The minimum absolute atomic E-state index is 0.149. The fourth-order valence-corrected chi connectivity index (χ4v) is 4.63. The zero-order valence-electron chi connectivity index (χ0n) is 17.3. The predicted molar refractivity (Wildman–Crippen MR) is 119 cm³/mol. The van der Waals surface area contributed by atoms with E-state index in [2.05, 4.69) is 21.3 Å². The summed E-state index contributed by atoms with van der Waals surface area (Å²) in [5.41, 5.74) is 3.97. The second-order valence-corrected chi connectivity index (χ2v) is 9.04. The average Bonchev–Trinajstić information content (AvgIpc) is 2.77. The van der Waals surface area contributed by atoms with Crippen LogP contribution in [0, 0.1) is 5.92 Å². The van der Waals surface area contributed by atoms with E-state index in [-0.39, 0.29) is 12.7 Å². The first-order valence-electron chi connectivity index (χ1n) is 11.0. The molecule has 30 heavy (non-hydrogen) atoms. The molecule has 2 aliphatic rings. The van der Waals surface area contributed by atoms with E-state index in [9.17, 15) is 10.2 Å². The molecule has 1 saturated carbocycles. The van der Waals surface area contributed by atoms with Gasteiger partial charge in [0.15, 0.2) is 0 Å². The van der Waals surface area contributed by atoms with Crippen molar-refractivity contribution < 1.29 is 10.2 Å². The smallest absolute Gasteiger partial charge is 0.131 e. The molecule has 0 amide bonds. The third-order valence-corrected chi connectivity index (χ3v) is 6.61. The largest absolute Gasteiger partial charge is 0.396 e. The Morgan fingerprint density at radius 2 is 1.80 bits per heavy atom. The molecule has 0 radical (unpaired) electrons. The summed E-state index contributed by atoms with van der Waals surface area (Å²) in [6.45, 7) is 3.00. The fraction of sp³-hybridized carbons (Fsp3) is 0.565. The van der Waals surface area contributed by atoms with Crippen molar-refractivity contribution >= 4 is 17.3 Å². The Kier molecular flexibility index (Phi) is 7.20. The normalized spacial score (nSPS) is 23.4. The number of aromatic nitrogens is 2. The highest BCUT2D eigenvalue weighted by molar-refractivity contribution is 6.29. The van der Waals surface area contributed by atoms with E-state index in [0.29, 0.717) is 17.1 Å². The second-order valence-electron chi connectivity index (χ2n) is 8.66. The van der Waals surface area contributed by atoms with Crippen molar-refractivity contribution in [3.8, 4) is 11.3 Å². The molecule has 4 rings (SSSR count). The van der Waals surface area contributed by atoms with Gasteiger partial charge in [0.2, 0.25) is 0 Å². The quantitative estimate of drug-likeness (QED) is 0.606. The van der Waals surface area contributed by atoms with Crippen LogP contribution in [0.4, 0.5) is 5.69 Å². The standard InChI is InChI=1S/C23H31ClN4O2/c24-23-11-22(27-18-4-1-16(15-29)2-5-18)20(13-26-23)21-6-3-17(12-25-21)14-28-9-7-19(30)8-10-28/h3,6,11-13,16,18-19,29-30H,1-2,4-5,7-10,14-15H2,(H,26,27). The monoisotopic (exact) mass is 430 g/mol. The molecule has 0 unspecified atom stereocenters. The first kappa shape index (κ1) is 21.5. The van der Waals surface area contributed by atoms with Crippen LogP contribution in [-0.2, 0) is 6.54 Å². The maximum Gasteiger partial charge on any atom is 0.131 e. The van der Waals surface area contributed by atoms with E-state index in [1.165, 1.54) is 5.56 Å². The molecule has 7 heteroatoms. The van der Waals surface area contributed by atoms with Crippen molar-refractivity contribution in [2.45, 2.75) is 57.2 Å². The lowest BCUT2D eigenvalue weighted by Crippen LogP contribution is -2.35. The lowest BCUT2D eigenvalue weighted by Gasteiger charge is -2.29. The van der Waals surface area contributed by atoms with E-state index < -0.39 is 0 Å². The summed E-state index contributed by atoms with van der Waals surface area (Å²) in [6, 6.07) is 6.42. The van der Waals surface area contributed by atoms with Crippen LogP contribution in [0.1, 0.15) is 44.1 Å². The number of anilines is 1. The highest BCUT2D eigenvalue weighted by atomic mass is 35.5. The Labute approximate surface area is 183 Å². The van der Waals surface area contributed by atoms with E-state index >= 15 is 0 Å². The van der Waals surface area contributed by atoms with Crippen molar-refractivity contribution in [3.05, 3.63) is 41.3 Å². The maximum absolute atomic E-state index is 9.67. The topological polar surface area (TPSA) is 81.5 Å². The third kappa shape index (κ3) is 5.49. The number of rotatable bonds is 6. The van der Waals surface area contributed by atoms with Gasteiger partial charge in [-0.15, -0.1) is 0 Å². The molecule has 2 aromatic heterocycles. The molecule has 6 nitrogen and oxygen atoms in total. The third-order valence-electron chi connectivity index (χ3n) is 6.40. The number of hydrogen-bond donors (Lipinski definition) is 3. The van der Waals surface area contributed by atoms with E-state index in [0.717, 1.165) is 75.1 Å². The van der Waals surface area contributed by atoms with Gasteiger partial charge in [-0.1, -0.05) is 17.7 Å². The molecular weight excluding hydrogens is 400 g/mol. The van der Waals surface area contributed by atoms with Gasteiger partial charge in [0.25, 0.3) is 0 Å². The maximum atomic E-state index is 9.67. The van der Waals surface area contributed by atoms with Gasteiger partial charge in [-0.2, -0.15) is 0 Å². The molecule has 3 N–H and O–H groups in total. The van der Waals surface area contributed by atoms with E-state index in [1.54, 1.807) is 6.20 Å². The van der Waals surface area contributed by atoms with E-state index in [1.807, 2.05) is 18.3 Å². The Morgan fingerprint density at radius 1 is 1.03 bits per heavy atom. The first-order valence-corrected chi connectivity index (χ1v) is 11.4. The number of piperidine rings is 1. The van der Waals surface area contributed by atoms with Gasteiger partial charge in [-0.25, -0.2) is 4.98 Å². The Morgan fingerprint density at radius 3 is 2.47 bits per heavy atom. The molecule has 1 aliphatic carbocycles. The van der Waals surface area contributed by atoms with Gasteiger partial charge in [0, 0.05) is 55.9 Å². The summed E-state index contributed by atoms with van der Waals surface area (Å²) in [5, 5.41) is 23.1. The van der Waals surface area contributed by atoms with Gasteiger partial charge in [0.1, 0.15) is 5.15 Å². The molecule has 0 atom stereocenters. The van der Waals surface area contributed by atoms with Crippen LogP contribution in [0.2, 0.25) is 5.15 Å². The highest BCUT2D eigenvalue weighted by Gasteiger charge is 2.22. The molecule has 0 bridgehead atoms. The molecule has 3 heterocycles. The minimum atomic E-state index is -0.149. The zero-order chi connectivity index (χ0) is 20.9. The number of aliphatic hydroxyl groups excluding tert-OH is 2. The van der Waals surface area contributed by atoms with Crippen LogP contribution in [0.3, 0.4) is 0 Å². The zero-order valence-corrected chi connectivity index (χ0v) is 18.1. The number of aliphatic hydroxyl groups is 2. The number of halogens is 1. The van der Waals surface area contributed by atoms with Crippen LogP contribution in [0.5, 0.6) is 0 Å². The highest BCUT2D eigenvalue weighted by Crippen LogP contribution is 2.32. The molecule has 2 aromatic rings. The van der Waals surface area contributed by atoms with Gasteiger partial charge in [0.05, 0.1) is 11.8 Å². The molecule has 1 aliphatic heterocycles. The van der Waals surface area contributed by atoms with Gasteiger partial charge in [-0.05, 0) is 62.1 Å². The number of likely N-dealkylation sites (tertiary alicyclic amines) is 1. The van der Waals surface area contributed by atoms with Crippen molar-refractivity contribution in [1.29, 1.82) is 0 Å². The van der Waals surface area contributed by atoms with Crippen molar-refractivity contribution in [2.75, 3.05) is 25.0 Å². The van der Waals surface area contributed by atoms with Crippen LogP contribution in [0.15, 0.2) is 30.6 Å². The molecule has 0 aromatic carbocycles. The van der Waals surface area contributed by atoms with Gasteiger partial charge < -0.3 is 15.5 Å². The van der Waals surface area contributed by atoms with Gasteiger partial charge in [-0.3, -0.25) is 9.88 Å². The average molecular weight is 431 g/mol. The summed E-state index contributed by atoms with van der Waals surface area (Å²) in [6.07, 6.45) is 9.44. The van der Waals surface area contributed by atoms with Crippen molar-refractivity contribution in [1.82, 2.24) is 14.9 Å². The lowest BCUT2D eigenvalue weighted by atomic mass is 9.86. The number of nitrogens with zero attached hydrogens (tertiary/aromatic N) is 3. The van der Waals surface area contributed by atoms with Crippen molar-refractivity contribution in [3.63, 3.8) is 0 Å².